The lowest BCUT2D eigenvalue weighted by Gasteiger charge is -2.15. The molecule has 1 atom stereocenters. The highest BCUT2D eigenvalue weighted by molar-refractivity contribution is 5.90. The van der Waals surface area contributed by atoms with Crippen molar-refractivity contribution in [2.45, 2.75) is 39.7 Å². The zero-order chi connectivity index (χ0) is 15.7. The molecule has 0 bridgehead atoms. The van der Waals surface area contributed by atoms with Gasteiger partial charge in [0, 0.05) is 6.54 Å². The lowest BCUT2D eigenvalue weighted by Crippen LogP contribution is -2.32. The highest BCUT2D eigenvalue weighted by atomic mass is 16.5. The summed E-state index contributed by atoms with van der Waals surface area (Å²) in [7, 11) is 0. The summed E-state index contributed by atoms with van der Waals surface area (Å²) in [5, 5.41) is 15.2. The first-order valence-electron chi connectivity index (χ1n) is 7.49. The number of aliphatic hydroxyl groups is 1. The third-order valence-corrected chi connectivity index (χ3v) is 3.09. The van der Waals surface area contributed by atoms with Gasteiger partial charge in [-0.3, -0.25) is 0 Å². The van der Waals surface area contributed by atoms with E-state index in [1.54, 1.807) is 6.07 Å². The maximum Gasteiger partial charge on any atom is 0.319 e. The van der Waals surface area contributed by atoms with Gasteiger partial charge in [0.1, 0.15) is 5.75 Å². The molecule has 5 nitrogen and oxygen atoms in total. The molecule has 0 aromatic heterocycles. The summed E-state index contributed by atoms with van der Waals surface area (Å²) < 4.78 is 5.58. The molecule has 0 saturated heterocycles. The van der Waals surface area contributed by atoms with Gasteiger partial charge in [0.05, 0.1) is 18.4 Å². The molecule has 0 aliphatic carbocycles. The number of ether oxygens (including phenoxy) is 1. The van der Waals surface area contributed by atoms with E-state index in [1.807, 2.05) is 39.0 Å². The minimum absolute atomic E-state index is 0.193. The smallest absolute Gasteiger partial charge is 0.319 e. The standard InChI is InChI=1S/C16H26N2O3/c1-4-11-21-15-8-6-5-7-13(15)18-16(20)17-10-9-14(19)12(2)3/h5-8,12,14,19H,4,9-11H2,1-3H3,(H2,17,18,20). The van der Waals surface area contributed by atoms with Gasteiger partial charge in [-0.25, -0.2) is 4.79 Å². The van der Waals surface area contributed by atoms with E-state index in [-0.39, 0.29) is 11.9 Å². The van der Waals surface area contributed by atoms with Crippen LogP contribution in [-0.4, -0.2) is 30.4 Å². The molecule has 0 aliphatic heterocycles. The molecule has 21 heavy (non-hydrogen) atoms. The minimum atomic E-state index is -0.398. The number of hydrogen-bond donors (Lipinski definition) is 3. The van der Waals surface area contributed by atoms with Crippen LogP contribution in [0.2, 0.25) is 0 Å². The number of carbonyl (C=O) groups excluding carboxylic acids is 1. The monoisotopic (exact) mass is 294 g/mol. The predicted molar refractivity (Wildman–Crippen MR) is 84.7 cm³/mol. The molecule has 1 unspecified atom stereocenters. The van der Waals surface area contributed by atoms with Crippen LogP contribution in [0.15, 0.2) is 24.3 Å². The van der Waals surface area contributed by atoms with Crippen molar-refractivity contribution in [3.63, 3.8) is 0 Å². The molecule has 118 valence electrons. The van der Waals surface area contributed by atoms with Gasteiger partial charge < -0.3 is 20.5 Å². The molecule has 2 amide bonds. The largest absolute Gasteiger partial charge is 0.491 e. The summed E-state index contributed by atoms with van der Waals surface area (Å²) in [6.07, 6.45) is 1.05. The van der Waals surface area contributed by atoms with Gasteiger partial charge in [0.15, 0.2) is 0 Å². The van der Waals surface area contributed by atoms with Gasteiger partial charge in [0.2, 0.25) is 0 Å². The molecule has 0 saturated carbocycles. The fourth-order valence-electron chi connectivity index (χ4n) is 1.74. The zero-order valence-corrected chi connectivity index (χ0v) is 13.1. The number of urea groups is 1. The zero-order valence-electron chi connectivity index (χ0n) is 13.1. The van der Waals surface area contributed by atoms with Gasteiger partial charge in [-0.2, -0.15) is 0 Å². The van der Waals surface area contributed by atoms with Crippen molar-refractivity contribution in [3.05, 3.63) is 24.3 Å². The van der Waals surface area contributed by atoms with Crippen molar-refractivity contribution in [1.82, 2.24) is 5.32 Å². The first kappa shape index (κ1) is 17.3. The van der Waals surface area contributed by atoms with E-state index in [2.05, 4.69) is 10.6 Å². The number of para-hydroxylation sites is 2. The maximum absolute atomic E-state index is 11.8. The molecule has 1 rings (SSSR count). The molecular weight excluding hydrogens is 268 g/mol. The molecule has 0 spiro atoms. The van der Waals surface area contributed by atoms with Crippen LogP contribution in [0.5, 0.6) is 5.75 Å². The van der Waals surface area contributed by atoms with Crippen LogP contribution in [0.1, 0.15) is 33.6 Å². The molecule has 1 aromatic carbocycles. The molecule has 1 aromatic rings. The number of carbonyl (C=O) groups is 1. The van der Waals surface area contributed by atoms with E-state index in [9.17, 15) is 9.90 Å². The Morgan fingerprint density at radius 3 is 2.71 bits per heavy atom. The van der Waals surface area contributed by atoms with Crippen molar-refractivity contribution in [1.29, 1.82) is 0 Å². The number of rotatable bonds is 8. The molecule has 0 radical (unpaired) electrons. The Hall–Kier alpha value is -1.75. The summed E-state index contributed by atoms with van der Waals surface area (Å²) in [6, 6.07) is 7.05. The average Bonchev–Trinajstić information content (AvgIpc) is 2.46. The van der Waals surface area contributed by atoms with Crippen LogP contribution in [0, 0.1) is 5.92 Å². The van der Waals surface area contributed by atoms with E-state index in [0.29, 0.717) is 31.0 Å². The fraction of sp³-hybridized carbons (Fsp3) is 0.562. The predicted octanol–water partition coefficient (Wildman–Crippen LogP) is 3.00. The Balaban J connectivity index is 2.44. The SMILES string of the molecule is CCCOc1ccccc1NC(=O)NCCC(O)C(C)C. The second kappa shape index (κ2) is 9.23. The van der Waals surface area contributed by atoms with E-state index in [0.717, 1.165) is 6.42 Å². The van der Waals surface area contributed by atoms with Crippen molar-refractivity contribution < 1.29 is 14.6 Å². The molecule has 0 aliphatic rings. The number of aliphatic hydroxyl groups excluding tert-OH is 1. The maximum atomic E-state index is 11.8. The third-order valence-electron chi connectivity index (χ3n) is 3.09. The Labute approximate surface area is 126 Å². The topological polar surface area (TPSA) is 70.6 Å². The third kappa shape index (κ3) is 6.49. The van der Waals surface area contributed by atoms with Crippen molar-refractivity contribution in [2.24, 2.45) is 5.92 Å². The molecule has 5 heteroatoms. The molecule has 3 N–H and O–H groups in total. The number of benzene rings is 1. The van der Waals surface area contributed by atoms with Crippen LogP contribution >= 0.6 is 0 Å². The average molecular weight is 294 g/mol. The Kier molecular flexibility index (Phi) is 7.61. The van der Waals surface area contributed by atoms with Crippen molar-refractivity contribution in [3.8, 4) is 5.75 Å². The summed E-state index contributed by atoms with van der Waals surface area (Å²) in [4.78, 5) is 11.8. The molecular formula is C16H26N2O3. The van der Waals surface area contributed by atoms with Crippen molar-refractivity contribution >= 4 is 11.7 Å². The highest BCUT2D eigenvalue weighted by Gasteiger charge is 2.10. The summed E-state index contributed by atoms with van der Waals surface area (Å²) >= 11 is 0. The van der Waals surface area contributed by atoms with Crippen LogP contribution in [0.25, 0.3) is 0 Å². The summed E-state index contributed by atoms with van der Waals surface area (Å²) in [5.74, 6) is 0.856. The van der Waals surface area contributed by atoms with E-state index < -0.39 is 6.10 Å². The molecule has 0 heterocycles. The second-order valence-corrected chi connectivity index (χ2v) is 5.33. The van der Waals surface area contributed by atoms with Crippen LogP contribution in [-0.2, 0) is 0 Å². The lowest BCUT2D eigenvalue weighted by atomic mass is 10.0. The first-order valence-corrected chi connectivity index (χ1v) is 7.49. The van der Waals surface area contributed by atoms with Gasteiger partial charge in [0.25, 0.3) is 0 Å². The number of amides is 2. The summed E-state index contributed by atoms with van der Waals surface area (Å²) in [5.41, 5.74) is 0.646. The number of nitrogens with one attached hydrogen (secondary N) is 2. The van der Waals surface area contributed by atoms with Crippen LogP contribution < -0.4 is 15.4 Å². The van der Waals surface area contributed by atoms with E-state index in [1.165, 1.54) is 0 Å². The van der Waals surface area contributed by atoms with Crippen molar-refractivity contribution in [2.75, 3.05) is 18.5 Å². The Bertz CT molecular complexity index is 435. The normalized spacial score (nSPS) is 12.0. The minimum Gasteiger partial charge on any atom is -0.491 e. The Morgan fingerprint density at radius 2 is 2.05 bits per heavy atom. The van der Waals surface area contributed by atoms with Crippen LogP contribution in [0.3, 0.4) is 0 Å². The van der Waals surface area contributed by atoms with Gasteiger partial charge >= 0.3 is 6.03 Å². The van der Waals surface area contributed by atoms with E-state index >= 15 is 0 Å². The highest BCUT2D eigenvalue weighted by Crippen LogP contribution is 2.23. The quantitative estimate of drug-likeness (QED) is 0.690. The fourth-order valence-corrected chi connectivity index (χ4v) is 1.74. The number of anilines is 1. The lowest BCUT2D eigenvalue weighted by molar-refractivity contribution is 0.117. The Morgan fingerprint density at radius 1 is 1.33 bits per heavy atom. The van der Waals surface area contributed by atoms with Gasteiger partial charge in [-0.05, 0) is 30.9 Å². The summed E-state index contributed by atoms with van der Waals surface area (Å²) in [6.45, 7) is 6.98. The molecule has 0 fully saturated rings. The van der Waals surface area contributed by atoms with Gasteiger partial charge in [-0.1, -0.05) is 32.9 Å². The van der Waals surface area contributed by atoms with Gasteiger partial charge in [-0.15, -0.1) is 0 Å². The first-order chi connectivity index (χ1) is 10.0. The second-order valence-electron chi connectivity index (χ2n) is 5.33. The van der Waals surface area contributed by atoms with Crippen LogP contribution in [0.4, 0.5) is 10.5 Å². The van der Waals surface area contributed by atoms with E-state index in [4.69, 9.17) is 4.74 Å². The number of hydrogen-bond acceptors (Lipinski definition) is 3.